The molecule has 0 unspecified atom stereocenters. The van der Waals surface area contributed by atoms with Gasteiger partial charge in [0, 0.05) is 18.2 Å². The molecule has 2 aliphatic rings. The van der Waals surface area contributed by atoms with Crippen LogP contribution in [-0.2, 0) is 14.3 Å². The molecule has 2 N–H and O–H groups in total. The third-order valence-electron chi connectivity index (χ3n) is 4.46. The van der Waals surface area contributed by atoms with E-state index in [1.165, 1.54) is 18.2 Å². The summed E-state index contributed by atoms with van der Waals surface area (Å²) in [7, 11) is 0. The van der Waals surface area contributed by atoms with E-state index in [-0.39, 0.29) is 24.5 Å². The third kappa shape index (κ3) is 4.41. The standard InChI is InChI=1S/C17H20N2O7/c20-14-8-4-7-12(25-14)15(21)18-10-5-2-1-3-6-11(10)19-16(22)13-9-24-17(23)26-13/h4,7-8,10-11,13H,1-3,5-6,9H2,(H,18,21)(H,19,22)/t10-,11-,13-/m1/s1. The zero-order valence-corrected chi connectivity index (χ0v) is 14.1. The number of carbonyl (C=O) groups excluding carboxylic acids is 3. The maximum Gasteiger partial charge on any atom is 0.509 e. The first kappa shape index (κ1) is 18.0. The van der Waals surface area contributed by atoms with Crippen LogP contribution in [0, 0.1) is 0 Å². The molecule has 1 aromatic rings. The fraction of sp³-hybridized carbons (Fsp3) is 0.529. The normalized spacial score (nSPS) is 25.5. The van der Waals surface area contributed by atoms with Gasteiger partial charge in [-0.1, -0.05) is 25.3 Å². The highest BCUT2D eigenvalue weighted by atomic mass is 16.8. The highest BCUT2D eigenvalue weighted by molar-refractivity contribution is 5.91. The van der Waals surface area contributed by atoms with Crippen molar-refractivity contribution in [3.05, 3.63) is 34.4 Å². The molecule has 9 heteroatoms. The van der Waals surface area contributed by atoms with E-state index in [1.54, 1.807) is 0 Å². The number of rotatable bonds is 4. The minimum Gasteiger partial charge on any atom is -0.430 e. The van der Waals surface area contributed by atoms with Crippen molar-refractivity contribution in [2.75, 3.05) is 6.61 Å². The van der Waals surface area contributed by atoms with Gasteiger partial charge in [-0.05, 0) is 18.9 Å². The Kier molecular flexibility index (Phi) is 5.55. The Labute approximate surface area is 149 Å². The molecule has 2 heterocycles. The fourth-order valence-electron chi connectivity index (χ4n) is 3.14. The van der Waals surface area contributed by atoms with Crippen LogP contribution in [0.1, 0.15) is 42.7 Å². The van der Waals surface area contributed by atoms with Crippen LogP contribution in [0.2, 0.25) is 0 Å². The summed E-state index contributed by atoms with van der Waals surface area (Å²) in [6.45, 7) is -0.121. The molecule has 140 valence electrons. The van der Waals surface area contributed by atoms with Crippen LogP contribution in [0.3, 0.4) is 0 Å². The van der Waals surface area contributed by atoms with Crippen molar-refractivity contribution in [3.63, 3.8) is 0 Å². The molecule has 1 aromatic heterocycles. The molecule has 2 fully saturated rings. The van der Waals surface area contributed by atoms with Crippen LogP contribution in [-0.4, -0.2) is 42.8 Å². The topological polar surface area (TPSA) is 124 Å². The molecule has 9 nitrogen and oxygen atoms in total. The van der Waals surface area contributed by atoms with E-state index in [0.29, 0.717) is 12.8 Å². The Bertz CT molecular complexity index is 745. The molecule has 3 rings (SSSR count). The molecule has 3 atom stereocenters. The molecule has 1 saturated carbocycles. The summed E-state index contributed by atoms with van der Waals surface area (Å²) in [5.74, 6) is -1.04. The Hall–Kier alpha value is -2.84. The molecular formula is C17H20N2O7. The van der Waals surface area contributed by atoms with Gasteiger partial charge in [-0.25, -0.2) is 9.59 Å². The predicted octanol–water partition coefficient (Wildman–Crippen LogP) is 0.722. The lowest BCUT2D eigenvalue weighted by molar-refractivity contribution is -0.128. The van der Waals surface area contributed by atoms with E-state index < -0.39 is 29.7 Å². The largest absolute Gasteiger partial charge is 0.509 e. The Morgan fingerprint density at radius 2 is 1.73 bits per heavy atom. The smallest absolute Gasteiger partial charge is 0.430 e. The SMILES string of the molecule is O=C1OC[C@H](C(=O)N[C@@H]2CCCCC[C@H]2NC(=O)c2cccc(=O)o2)O1. The molecule has 26 heavy (non-hydrogen) atoms. The first-order valence-electron chi connectivity index (χ1n) is 8.58. The van der Waals surface area contributed by atoms with E-state index in [2.05, 4.69) is 15.4 Å². The second-order valence-corrected chi connectivity index (χ2v) is 6.31. The van der Waals surface area contributed by atoms with E-state index in [9.17, 15) is 19.2 Å². The van der Waals surface area contributed by atoms with E-state index in [1.807, 2.05) is 0 Å². The molecule has 0 spiro atoms. The first-order valence-corrected chi connectivity index (χ1v) is 8.58. The highest BCUT2D eigenvalue weighted by Gasteiger charge is 2.35. The fourth-order valence-corrected chi connectivity index (χ4v) is 3.14. The van der Waals surface area contributed by atoms with E-state index in [4.69, 9.17) is 9.15 Å². The maximum absolute atomic E-state index is 12.4. The van der Waals surface area contributed by atoms with E-state index in [0.717, 1.165) is 19.3 Å². The van der Waals surface area contributed by atoms with Crippen LogP contribution in [0.4, 0.5) is 4.79 Å². The summed E-state index contributed by atoms with van der Waals surface area (Å²) in [6.07, 6.45) is 2.30. The van der Waals surface area contributed by atoms with Gasteiger partial charge in [0.25, 0.3) is 11.8 Å². The van der Waals surface area contributed by atoms with Crippen LogP contribution in [0.25, 0.3) is 0 Å². The van der Waals surface area contributed by atoms with Crippen molar-refractivity contribution in [2.45, 2.75) is 50.3 Å². The lowest BCUT2D eigenvalue weighted by Gasteiger charge is -2.27. The number of nitrogens with one attached hydrogen (secondary N) is 2. The van der Waals surface area contributed by atoms with Gasteiger partial charge in [0.1, 0.15) is 6.61 Å². The number of cyclic esters (lactones) is 2. The Balaban J connectivity index is 1.66. The summed E-state index contributed by atoms with van der Waals surface area (Å²) in [4.78, 5) is 46.9. The number of hydrogen-bond acceptors (Lipinski definition) is 7. The van der Waals surface area contributed by atoms with Crippen molar-refractivity contribution in [1.29, 1.82) is 0 Å². The van der Waals surface area contributed by atoms with Crippen LogP contribution in [0.5, 0.6) is 0 Å². The minimum absolute atomic E-state index is 0.0788. The van der Waals surface area contributed by atoms with Gasteiger partial charge in [-0.3, -0.25) is 9.59 Å². The van der Waals surface area contributed by atoms with Crippen LogP contribution < -0.4 is 16.3 Å². The number of hydrogen-bond donors (Lipinski definition) is 2. The van der Waals surface area contributed by atoms with Crippen LogP contribution in [0.15, 0.2) is 27.4 Å². The summed E-state index contributed by atoms with van der Waals surface area (Å²) in [6, 6.07) is 3.44. The summed E-state index contributed by atoms with van der Waals surface area (Å²) in [5.41, 5.74) is -0.605. The zero-order chi connectivity index (χ0) is 18.5. The zero-order valence-electron chi connectivity index (χ0n) is 14.1. The molecule has 1 aliphatic carbocycles. The van der Waals surface area contributed by atoms with Gasteiger partial charge >= 0.3 is 11.8 Å². The number of ether oxygens (including phenoxy) is 2. The van der Waals surface area contributed by atoms with Crippen molar-refractivity contribution in [1.82, 2.24) is 10.6 Å². The average molecular weight is 364 g/mol. The first-order chi connectivity index (χ1) is 12.5. The molecular weight excluding hydrogens is 344 g/mol. The molecule has 1 saturated heterocycles. The number of amides is 2. The lowest BCUT2D eigenvalue weighted by atomic mass is 10.0. The molecule has 0 aromatic carbocycles. The summed E-state index contributed by atoms with van der Waals surface area (Å²) >= 11 is 0. The van der Waals surface area contributed by atoms with Gasteiger partial charge in [0.05, 0.1) is 0 Å². The van der Waals surface area contributed by atoms with E-state index >= 15 is 0 Å². The van der Waals surface area contributed by atoms with Crippen molar-refractivity contribution >= 4 is 18.0 Å². The maximum atomic E-state index is 12.4. The van der Waals surface area contributed by atoms with Gasteiger partial charge in [0.15, 0.2) is 5.76 Å². The van der Waals surface area contributed by atoms with Gasteiger partial charge in [0.2, 0.25) is 6.10 Å². The number of carbonyl (C=O) groups is 3. The Morgan fingerprint density at radius 3 is 2.38 bits per heavy atom. The molecule has 0 bridgehead atoms. The minimum atomic E-state index is -0.978. The second-order valence-electron chi connectivity index (χ2n) is 6.31. The van der Waals surface area contributed by atoms with Crippen molar-refractivity contribution in [2.24, 2.45) is 0 Å². The van der Waals surface area contributed by atoms with Gasteiger partial charge in [-0.15, -0.1) is 0 Å². The van der Waals surface area contributed by atoms with Crippen molar-refractivity contribution in [3.8, 4) is 0 Å². The second kappa shape index (κ2) is 8.03. The van der Waals surface area contributed by atoms with Gasteiger partial charge in [-0.2, -0.15) is 0 Å². The summed E-state index contributed by atoms with van der Waals surface area (Å²) in [5, 5.41) is 5.67. The molecule has 2 amide bonds. The van der Waals surface area contributed by atoms with Crippen molar-refractivity contribution < 1.29 is 28.3 Å². The average Bonchev–Trinajstić information content (AvgIpc) is 2.94. The Morgan fingerprint density at radius 1 is 1.00 bits per heavy atom. The highest BCUT2D eigenvalue weighted by Crippen LogP contribution is 2.19. The summed E-state index contributed by atoms with van der Waals surface area (Å²) < 4.78 is 14.3. The third-order valence-corrected chi connectivity index (χ3v) is 4.46. The lowest BCUT2D eigenvalue weighted by Crippen LogP contribution is -2.53. The van der Waals surface area contributed by atoms with Gasteiger partial charge < -0.3 is 24.5 Å². The van der Waals surface area contributed by atoms with Crippen LogP contribution >= 0.6 is 0 Å². The molecule has 1 aliphatic heterocycles. The molecule has 0 radical (unpaired) electrons. The predicted molar refractivity (Wildman–Crippen MR) is 87.5 cm³/mol. The quantitative estimate of drug-likeness (QED) is 0.596. The monoisotopic (exact) mass is 364 g/mol.